The fraction of sp³-hybridized carbons (Fsp3) is 0.429. The molecule has 0 aliphatic rings. The van der Waals surface area contributed by atoms with Crippen molar-refractivity contribution in [2.45, 2.75) is 35.2 Å². The Bertz CT molecular complexity index is 705. The minimum Gasteiger partial charge on any atom is -0.201 e. The molecule has 0 fully saturated rings. The van der Waals surface area contributed by atoms with Crippen molar-refractivity contribution >= 4 is 13.3 Å². The van der Waals surface area contributed by atoms with Crippen LogP contribution in [0.5, 0.6) is 0 Å². The van der Waals surface area contributed by atoms with Crippen LogP contribution >= 0.6 is 0 Å². The lowest BCUT2D eigenvalue weighted by Crippen LogP contribution is -2.84. The fourth-order valence-corrected chi connectivity index (χ4v) is 6.85. The van der Waals surface area contributed by atoms with Crippen LogP contribution in [0.2, 0.25) is 0 Å². The van der Waals surface area contributed by atoms with Crippen molar-refractivity contribution in [3.8, 4) is 0 Å². The molecule has 0 aliphatic heterocycles. The highest BCUT2D eigenvalue weighted by molar-refractivity contribution is 7.02. The smallest absolute Gasteiger partial charge is 0.201 e. The summed E-state index contributed by atoms with van der Waals surface area (Å²) in [6.45, 7) is 2.06. The zero-order chi connectivity index (χ0) is 24.2. The van der Waals surface area contributed by atoms with Crippen molar-refractivity contribution in [3.63, 3.8) is 0 Å². The molecule has 1 rings (SSSR count). The van der Waals surface area contributed by atoms with Gasteiger partial charge < -0.3 is 0 Å². The van der Waals surface area contributed by atoms with Crippen molar-refractivity contribution in [1.82, 2.24) is 0 Å². The van der Waals surface area contributed by atoms with Gasteiger partial charge in [0, 0.05) is 0 Å². The van der Waals surface area contributed by atoms with E-state index in [0.29, 0.717) is 12.1 Å². The summed E-state index contributed by atoms with van der Waals surface area (Å²) in [7, 11) is -9.80. The first-order chi connectivity index (χ1) is 13.0. The molecular formula is C14H7F15Si. The zero-order valence-corrected chi connectivity index (χ0v) is 14.8. The SMILES string of the molecule is C=C(c1ccccc1)[Si](C(F)(F)C(F)(F)F)(C(F)(F)C(F)(F)F)C(F)(F)C(F)(F)F. The Labute approximate surface area is 158 Å². The Kier molecular flexibility index (Phi) is 6.18. The number of benzene rings is 1. The quantitative estimate of drug-likeness (QED) is 0.313. The van der Waals surface area contributed by atoms with Crippen LogP contribution in [0.4, 0.5) is 65.9 Å². The van der Waals surface area contributed by atoms with Gasteiger partial charge in [-0.1, -0.05) is 36.9 Å². The van der Waals surface area contributed by atoms with Gasteiger partial charge in [0.1, 0.15) is 0 Å². The Balaban J connectivity index is 4.38. The van der Waals surface area contributed by atoms with Gasteiger partial charge >= 0.3 is 43.2 Å². The van der Waals surface area contributed by atoms with Gasteiger partial charge in [-0.15, -0.1) is 0 Å². The molecule has 1 aromatic rings. The van der Waals surface area contributed by atoms with E-state index in [2.05, 4.69) is 6.58 Å². The van der Waals surface area contributed by atoms with Crippen LogP contribution in [0.3, 0.4) is 0 Å². The molecule has 0 saturated heterocycles. The topological polar surface area (TPSA) is 0 Å². The third-order valence-corrected chi connectivity index (χ3v) is 8.93. The third-order valence-electron chi connectivity index (χ3n) is 4.06. The van der Waals surface area contributed by atoms with Crippen molar-refractivity contribution in [2.24, 2.45) is 0 Å². The Morgan fingerprint density at radius 3 is 1.03 bits per heavy atom. The normalized spacial score (nSPS) is 15.3. The number of hydrogen-bond donors (Lipinski definition) is 0. The van der Waals surface area contributed by atoms with E-state index in [0.717, 1.165) is 6.07 Å². The van der Waals surface area contributed by atoms with E-state index in [1.165, 1.54) is 0 Å². The molecule has 30 heavy (non-hydrogen) atoms. The summed E-state index contributed by atoms with van der Waals surface area (Å²) in [5.41, 5.74) is -25.1. The first kappa shape index (κ1) is 26.2. The number of alkyl halides is 15. The first-order valence-electron chi connectivity index (χ1n) is 7.10. The minimum absolute atomic E-state index is 0.190. The molecule has 0 N–H and O–H groups in total. The highest BCUT2D eigenvalue weighted by atomic mass is 28.3. The summed E-state index contributed by atoms with van der Waals surface area (Å²) in [5.74, 6) is 0. The summed E-state index contributed by atoms with van der Waals surface area (Å²) in [5, 5.41) is -2.99. The van der Waals surface area contributed by atoms with Gasteiger partial charge in [0.05, 0.1) is 0 Å². The molecular weight excluding hydrogens is 481 g/mol. The molecule has 0 nitrogen and oxygen atoms in total. The maximum absolute atomic E-state index is 14.2. The molecule has 0 aromatic heterocycles. The average molecular weight is 488 g/mol. The fourth-order valence-electron chi connectivity index (χ4n) is 2.65. The number of halogens is 15. The highest BCUT2D eigenvalue weighted by Crippen LogP contribution is 2.65. The third kappa shape index (κ3) is 3.35. The lowest BCUT2D eigenvalue weighted by atomic mass is 10.2. The molecule has 0 saturated carbocycles. The molecule has 0 atom stereocenters. The summed E-state index contributed by atoms with van der Waals surface area (Å²) in [6, 6.07) is 2.47. The van der Waals surface area contributed by atoms with Gasteiger partial charge in [-0.25, -0.2) is 26.3 Å². The van der Waals surface area contributed by atoms with Crippen LogP contribution < -0.4 is 0 Å². The first-order valence-corrected chi connectivity index (χ1v) is 9.10. The number of hydrogen-bond acceptors (Lipinski definition) is 0. The van der Waals surface area contributed by atoms with Gasteiger partial charge in [-0.05, 0) is 10.8 Å². The van der Waals surface area contributed by atoms with E-state index in [4.69, 9.17) is 0 Å². The monoisotopic (exact) mass is 488 g/mol. The summed E-state index contributed by atoms with van der Waals surface area (Å²) >= 11 is 0. The molecule has 172 valence electrons. The second kappa shape index (κ2) is 7.08. The Morgan fingerprint density at radius 2 is 0.800 bits per heavy atom. The maximum atomic E-state index is 14.2. The van der Waals surface area contributed by atoms with Crippen molar-refractivity contribution in [1.29, 1.82) is 0 Å². The predicted molar refractivity (Wildman–Crippen MR) is 74.2 cm³/mol. The van der Waals surface area contributed by atoms with E-state index in [1.807, 2.05) is 0 Å². The second-order valence-corrected chi connectivity index (χ2v) is 9.80. The summed E-state index contributed by atoms with van der Waals surface area (Å²) in [6.07, 6.45) is -23.0. The van der Waals surface area contributed by atoms with Gasteiger partial charge in [-0.2, -0.15) is 39.5 Å². The Hall–Kier alpha value is -1.87. The van der Waals surface area contributed by atoms with Crippen molar-refractivity contribution in [2.75, 3.05) is 0 Å². The van der Waals surface area contributed by atoms with Crippen LogP contribution in [0.1, 0.15) is 5.56 Å². The standard InChI is InChI=1S/C14H7F15Si/c1-7(8-5-3-2-4-6-8)30(12(24,25)9(15,16)17,13(26,27)10(18,19)20)14(28,29)11(21,22)23/h2-6H,1H2. The molecule has 0 bridgehead atoms. The van der Waals surface area contributed by atoms with Crippen molar-refractivity contribution < 1.29 is 65.9 Å². The Morgan fingerprint density at radius 1 is 0.533 bits per heavy atom. The second-order valence-electron chi connectivity index (χ2n) is 5.81. The molecule has 1 aromatic carbocycles. The van der Waals surface area contributed by atoms with Gasteiger partial charge in [0.2, 0.25) is 0 Å². The van der Waals surface area contributed by atoms with E-state index >= 15 is 0 Å². The van der Waals surface area contributed by atoms with E-state index in [9.17, 15) is 65.9 Å². The average Bonchev–Trinajstić information content (AvgIpc) is 2.52. The lowest BCUT2D eigenvalue weighted by molar-refractivity contribution is -0.302. The lowest BCUT2D eigenvalue weighted by Gasteiger charge is -2.48. The number of rotatable bonds is 5. The highest BCUT2D eigenvalue weighted by Gasteiger charge is 2.99. The van der Waals surface area contributed by atoms with Crippen LogP contribution in [-0.2, 0) is 0 Å². The molecule has 0 radical (unpaired) electrons. The molecule has 0 unspecified atom stereocenters. The van der Waals surface area contributed by atoms with Crippen molar-refractivity contribution in [3.05, 3.63) is 42.5 Å². The molecule has 0 heterocycles. The van der Waals surface area contributed by atoms with Crippen LogP contribution in [0.25, 0.3) is 5.20 Å². The largest absolute Gasteiger partial charge is 0.449 e. The van der Waals surface area contributed by atoms with Crippen LogP contribution in [-0.4, -0.2) is 43.2 Å². The molecule has 0 aliphatic carbocycles. The summed E-state index contributed by atoms with van der Waals surface area (Å²) < 4.78 is 201. The van der Waals surface area contributed by atoms with E-state index < -0.39 is 54.0 Å². The van der Waals surface area contributed by atoms with Gasteiger partial charge in [-0.3, -0.25) is 0 Å². The van der Waals surface area contributed by atoms with E-state index in [1.54, 1.807) is 0 Å². The minimum atomic E-state index is -9.80. The maximum Gasteiger partial charge on any atom is 0.449 e. The van der Waals surface area contributed by atoms with Crippen LogP contribution in [0, 0.1) is 0 Å². The summed E-state index contributed by atoms with van der Waals surface area (Å²) in [4.78, 5) is 0. The van der Waals surface area contributed by atoms with E-state index in [-0.39, 0.29) is 12.1 Å². The molecule has 0 spiro atoms. The van der Waals surface area contributed by atoms with Gasteiger partial charge in [0.15, 0.2) is 0 Å². The van der Waals surface area contributed by atoms with Gasteiger partial charge in [0.25, 0.3) is 0 Å². The van der Waals surface area contributed by atoms with Crippen LogP contribution in [0.15, 0.2) is 36.9 Å². The molecule has 0 amide bonds. The predicted octanol–water partition coefficient (Wildman–Crippen LogP) is 6.90. The molecule has 16 heteroatoms. The zero-order valence-electron chi connectivity index (χ0n) is 13.8.